The van der Waals surface area contributed by atoms with Crippen LogP contribution in [0.3, 0.4) is 0 Å². The maximum absolute atomic E-state index is 12.0. The fourth-order valence-corrected chi connectivity index (χ4v) is 3.77. The number of thioether (sulfide) groups is 1. The molecule has 0 aromatic heterocycles. The lowest BCUT2D eigenvalue weighted by Gasteiger charge is -2.11. The van der Waals surface area contributed by atoms with E-state index in [9.17, 15) is 9.59 Å². The Morgan fingerprint density at radius 2 is 2.23 bits per heavy atom. The molecule has 2 amide bonds. The zero-order valence-electron chi connectivity index (χ0n) is 14.4. The van der Waals surface area contributed by atoms with E-state index in [-0.39, 0.29) is 24.5 Å². The number of hydrogen-bond donors (Lipinski definition) is 1. The Labute approximate surface area is 161 Å². The molecule has 0 unspecified atom stereocenters. The van der Waals surface area contributed by atoms with Crippen LogP contribution < -0.4 is 10.1 Å². The molecular formula is C18H20N2O4S2. The average molecular weight is 393 g/mol. The molecule has 0 bridgehead atoms. The highest BCUT2D eigenvalue weighted by Crippen LogP contribution is 2.31. The molecule has 0 spiro atoms. The van der Waals surface area contributed by atoms with Gasteiger partial charge in [-0.05, 0) is 36.6 Å². The van der Waals surface area contributed by atoms with Crippen LogP contribution in [0.1, 0.15) is 18.4 Å². The summed E-state index contributed by atoms with van der Waals surface area (Å²) >= 11 is 6.39. The second-order valence-electron chi connectivity index (χ2n) is 6.04. The van der Waals surface area contributed by atoms with Gasteiger partial charge in [0.2, 0.25) is 0 Å². The van der Waals surface area contributed by atoms with E-state index in [2.05, 4.69) is 5.32 Å². The second kappa shape index (κ2) is 8.66. The van der Waals surface area contributed by atoms with E-state index >= 15 is 0 Å². The van der Waals surface area contributed by atoms with Crippen LogP contribution in [0.15, 0.2) is 29.2 Å². The maximum Gasteiger partial charge on any atom is 0.265 e. The first-order valence-corrected chi connectivity index (χ1v) is 9.58. The van der Waals surface area contributed by atoms with Gasteiger partial charge in [0, 0.05) is 20.2 Å². The molecule has 0 aliphatic carbocycles. The number of nitrogens with one attached hydrogen (secondary N) is 1. The molecule has 138 valence electrons. The number of ether oxygens (including phenoxy) is 2. The summed E-state index contributed by atoms with van der Waals surface area (Å²) in [5.74, 6) is 0.330. The van der Waals surface area contributed by atoms with E-state index in [1.807, 2.05) is 12.1 Å². The average Bonchev–Trinajstić information content (AvgIpc) is 3.24. The number of benzene rings is 1. The second-order valence-corrected chi connectivity index (χ2v) is 7.71. The molecule has 1 N–H and O–H groups in total. The Morgan fingerprint density at radius 3 is 2.85 bits per heavy atom. The third kappa shape index (κ3) is 4.84. The monoisotopic (exact) mass is 392 g/mol. The van der Waals surface area contributed by atoms with E-state index < -0.39 is 0 Å². The molecule has 2 fully saturated rings. The maximum atomic E-state index is 12.0. The van der Waals surface area contributed by atoms with Crippen LogP contribution in [-0.4, -0.2) is 53.9 Å². The lowest BCUT2D eigenvalue weighted by molar-refractivity contribution is -0.123. The largest absolute Gasteiger partial charge is 0.484 e. The highest BCUT2D eigenvalue weighted by atomic mass is 32.2. The summed E-state index contributed by atoms with van der Waals surface area (Å²) in [6, 6.07) is 7.21. The van der Waals surface area contributed by atoms with Crippen molar-refractivity contribution in [3.05, 3.63) is 34.7 Å². The lowest BCUT2D eigenvalue weighted by Crippen LogP contribution is -2.35. The van der Waals surface area contributed by atoms with Gasteiger partial charge in [-0.3, -0.25) is 14.5 Å². The van der Waals surface area contributed by atoms with Gasteiger partial charge in [-0.2, -0.15) is 0 Å². The van der Waals surface area contributed by atoms with E-state index in [0.29, 0.717) is 21.5 Å². The molecule has 2 aliphatic heterocycles. The number of thiocarbonyl (C=S) groups is 1. The normalized spacial score (nSPS) is 21.5. The minimum absolute atomic E-state index is 0.0411. The number of rotatable bonds is 6. The van der Waals surface area contributed by atoms with Crippen molar-refractivity contribution in [1.29, 1.82) is 0 Å². The smallest absolute Gasteiger partial charge is 0.265 e. The van der Waals surface area contributed by atoms with Crippen molar-refractivity contribution >= 4 is 46.2 Å². The molecular weight excluding hydrogens is 372 g/mol. The predicted molar refractivity (Wildman–Crippen MR) is 105 cm³/mol. The van der Waals surface area contributed by atoms with Gasteiger partial charge in [-0.25, -0.2) is 0 Å². The molecule has 0 saturated carbocycles. The van der Waals surface area contributed by atoms with Crippen LogP contribution in [0.2, 0.25) is 0 Å². The Bertz CT molecular complexity index is 727. The quantitative estimate of drug-likeness (QED) is 0.591. The van der Waals surface area contributed by atoms with E-state index in [4.69, 9.17) is 21.7 Å². The molecule has 2 saturated heterocycles. The fourth-order valence-electron chi connectivity index (χ4n) is 2.59. The Morgan fingerprint density at radius 1 is 1.46 bits per heavy atom. The summed E-state index contributed by atoms with van der Waals surface area (Å²) < 4.78 is 11.5. The van der Waals surface area contributed by atoms with Gasteiger partial charge in [0.05, 0.1) is 11.0 Å². The Kier molecular flexibility index (Phi) is 6.29. The van der Waals surface area contributed by atoms with Crippen molar-refractivity contribution in [3.8, 4) is 5.75 Å². The van der Waals surface area contributed by atoms with Crippen molar-refractivity contribution < 1.29 is 19.1 Å². The number of hydrogen-bond acceptors (Lipinski definition) is 6. The molecule has 6 nitrogen and oxygen atoms in total. The van der Waals surface area contributed by atoms with E-state index in [0.717, 1.165) is 25.0 Å². The number of carbonyl (C=O) groups is 2. The van der Waals surface area contributed by atoms with Gasteiger partial charge in [0.25, 0.3) is 11.8 Å². The molecule has 2 heterocycles. The topological polar surface area (TPSA) is 67.9 Å². The number of carbonyl (C=O) groups excluding carboxylic acids is 2. The van der Waals surface area contributed by atoms with Gasteiger partial charge in [-0.1, -0.05) is 36.1 Å². The molecule has 3 rings (SSSR count). The van der Waals surface area contributed by atoms with Gasteiger partial charge >= 0.3 is 0 Å². The first-order valence-electron chi connectivity index (χ1n) is 8.35. The summed E-state index contributed by atoms with van der Waals surface area (Å²) in [6.45, 7) is 1.25. The molecule has 26 heavy (non-hydrogen) atoms. The molecule has 1 aromatic rings. The first-order chi connectivity index (χ1) is 12.5. The molecule has 1 aromatic carbocycles. The van der Waals surface area contributed by atoms with Gasteiger partial charge in [0.1, 0.15) is 10.1 Å². The van der Waals surface area contributed by atoms with Crippen LogP contribution in [0.25, 0.3) is 6.08 Å². The van der Waals surface area contributed by atoms with Crippen molar-refractivity contribution in [2.75, 3.05) is 26.8 Å². The van der Waals surface area contributed by atoms with Crippen LogP contribution in [0, 0.1) is 0 Å². The Balaban J connectivity index is 1.48. The van der Waals surface area contributed by atoms with Crippen molar-refractivity contribution in [2.24, 2.45) is 0 Å². The zero-order valence-corrected chi connectivity index (χ0v) is 16.0. The van der Waals surface area contributed by atoms with Gasteiger partial charge in [0.15, 0.2) is 6.61 Å². The van der Waals surface area contributed by atoms with Crippen molar-refractivity contribution in [3.63, 3.8) is 0 Å². The lowest BCUT2D eigenvalue weighted by atomic mass is 10.2. The van der Waals surface area contributed by atoms with Crippen molar-refractivity contribution in [1.82, 2.24) is 10.2 Å². The number of nitrogens with zero attached hydrogens (tertiary/aromatic N) is 1. The van der Waals surface area contributed by atoms with E-state index in [1.54, 1.807) is 25.3 Å². The van der Waals surface area contributed by atoms with E-state index in [1.165, 1.54) is 16.7 Å². The summed E-state index contributed by atoms with van der Waals surface area (Å²) in [7, 11) is 1.67. The summed E-state index contributed by atoms with van der Waals surface area (Å²) in [4.78, 5) is 25.9. The van der Waals surface area contributed by atoms with Crippen LogP contribution in [0.4, 0.5) is 0 Å². The standard InChI is InChI=1S/C18H20N2O4S2/c1-20-17(22)15(26-18(20)25)9-12-4-6-13(7-5-12)24-11-16(21)19-10-14-3-2-8-23-14/h4-7,9,14H,2-3,8,10-11H2,1H3,(H,19,21)/b15-9+/t14-/m1/s1. The molecule has 1 atom stereocenters. The van der Waals surface area contributed by atoms with Crippen molar-refractivity contribution in [2.45, 2.75) is 18.9 Å². The highest BCUT2D eigenvalue weighted by molar-refractivity contribution is 8.26. The fraction of sp³-hybridized carbons (Fsp3) is 0.389. The predicted octanol–water partition coefficient (Wildman–Crippen LogP) is 2.19. The molecule has 2 aliphatic rings. The summed E-state index contributed by atoms with van der Waals surface area (Å²) in [5.41, 5.74) is 0.870. The van der Waals surface area contributed by atoms with Gasteiger partial charge in [-0.15, -0.1) is 0 Å². The third-order valence-corrected chi connectivity index (χ3v) is 5.57. The first kappa shape index (κ1) is 18.9. The number of amides is 2. The van der Waals surface area contributed by atoms with Crippen LogP contribution >= 0.6 is 24.0 Å². The SMILES string of the molecule is CN1C(=O)/C(=C\c2ccc(OCC(=O)NC[C@H]3CCCO3)cc2)SC1=S. The minimum atomic E-state index is -0.170. The summed E-state index contributed by atoms with van der Waals surface area (Å²) in [6.07, 6.45) is 3.95. The Hall–Kier alpha value is -1.90. The minimum Gasteiger partial charge on any atom is -0.484 e. The number of likely N-dealkylation sites (N-methyl/N-ethyl adjacent to an activating group) is 1. The molecule has 8 heteroatoms. The molecule has 0 radical (unpaired) electrons. The van der Waals surface area contributed by atoms with Crippen LogP contribution in [-0.2, 0) is 14.3 Å². The summed E-state index contributed by atoms with van der Waals surface area (Å²) in [5, 5.41) is 2.81. The van der Waals surface area contributed by atoms with Crippen LogP contribution in [0.5, 0.6) is 5.75 Å². The highest BCUT2D eigenvalue weighted by Gasteiger charge is 2.28. The third-order valence-electron chi connectivity index (χ3n) is 4.09. The van der Waals surface area contributed by atoms with Gasteiger partial charge < -0.3 is 14.8 Å². The zero-order chi connectivity index (χ0) is 18.5.